The van der Waals surface area contributed by atoms with Gasteiger partial charge in [0.05, 0.1) is 12.0 Å². The Hall–Kier alpha value is -0.690. The van der Waals surface area contributed by atoms with Gasteiger partial charge in [0.15, 0.2) is 0 Å². The molecule has 0 aliphatic heterocycles. The topological polar surface area (TPSA) is 9.23 Å². The summed E-state index contributed by atoms with van der Waals surface area (Å²) >= 11 is 6.40. The Morgan fingerprint density at radius 2 is 2.00 bits per heavy atom. The van der Waals surface area contributed by atoms with Crippen LogP contribution in [-0.2, 0) is 0 Å². The highest BCUT2D eigenvalue weighted by Crippen LogP contribution is 2.49. The molecular weight excluding hydrogens is 208 g/mol. The quantitative estimate of drug-likeness (QED) is 0.687. The second kappa shape index (κ2) is 4.05. The van der Waals surface area contributed by atoms with Crippen LogP contribution in [0.15, 0.2) is 18.2 Å². The second-order valence-electron chi connectivity index (χ2n) is 4.27. The molecule has 0 spiro atoms. The van der Waals surface area contributed by atoms with E-state index < -0.39 is 0 Å². The first kappa shape index (κ1) is 10.8. The van der Waals surface area contributed by atoms with Crippen LogP contribution in [0.5, 0.6) is 5.75 Å². The van der Waals surface area contributed by atoms with E-state index in [0.29, 0.717) is 18.4 Å². The number of halogens is 1. The molecule has 0 aromatic heterocycles. The maximum atomic E-state index is 6.40. The molecule has 0 bridgehead atoms. The Bertz CT molecular complexity index is 362. The number of hydrogen-bond acceptors (Lipinski definition) is 1. The fourth-order valence-electron chi connectivity index (χ4n) is 2.28. The van der Waals surface area contributed by atoms with Gasteiger partial charge in [-0.2, -0.15) is 0 Å². The minimum atomic E-state index is 0.135. The van der Waals surface area contributed by atoms with E-state index in [4.69, 9.17) is 16.3 Å². The smallest absolute Gasteiger partial charge is 0.119 e. The zero-order valence-corrected chi connectivity index (χ0v) is 10.2. The van der Waals surface area contributed by atoms with Crippen LogP contribution >= 0.6 is 11.6 Å². The lowest BCUT2D eigenvalue weighted by molar-refractivity contribution is 0.340. The van der Waals surface area contributed by atoms with E-state index in [1.54, 1.807) is 0 Å². The van der Waals surface area contributed by atoms with E-state index in [2.05, 4.69) is 26.0 Å². The summed E-state index contributed by atoms with van der Waals surface area (Å²) in [5, 5.41) is 0.135. The molecule has 0 amide bonds. The molecule has 3 unspecified atom stereocenters. The number of hydrogen-bond donors (Lipinski definition) is 0. The minimum Gasteiger partial charge on any atom is -0.494 e. The summed E-state index contributed by atoms with van der Waals surface area (Å²) in [5.74, 6) is 2.00. The van der Waals surface area contributed by atoms with E-state index in [0.717, 1.165) is 5.75 Å². The van der Waals surface area contributed by atoms with Crippen LogP contribution in [0.3, 0.4) is 0 Å². The van der Waals surface area contributed by atoms with Gasteiger partial charge in [-0.3, -0.25) is 0 Å². The average molecular weight is 225 g/mol. The summed E-state index contributed by atoms with van der Waals surface area (Å²) in [6.07, 6.45) is 0. The highest BCUT2D eigenvalue weighted by atomic mass is 35.5. The van der Waals surface area contributed by atoms with Gasteiger partial charge in [0, 0.05) is 0 Å². The van der Waals surface area contributed by atoms with Crippen molar-refractivity contribution in [1.29, 1.82) is 0 Å². The maximum absolute atomic E-state index is 6.40. The molecule has 15 heavy (non-hydrogen) atoms. The Morgan fingerprint density at radius 3 is 2.67 bits per heavy atom. The van der Waals surface area contributed by atoms with Gasteiger partial charge in [0.1, 0.15) is 5.75 Å². The number of ether oxygens (including phenoxy) is 1. The summed E-state index contributed by atoms with van der Waals surface area (Å²) in [5.41, 5.74) is 2.63. The SMILES string of the molecule is CCOc1ccc2c(c1)C(Cl)C(C)C2C. The fourth-order valence-corrected chi connectivity index (χ4v) is 2.69. The summed E-state index contributed by atoms with van der Waals surface area (Å²) in [7, 11) is 0. The molecule has 2 rings (SSSR count). The van der Waals surface area contributed by atoms with Gasteiger partial charge in [0.25, 0.3) is 0 Å². The molecule has 0 saturated heterocycles. The van der Waals surface area contributed by atoms with Crippen LogP contribution in [0.25, 0.3) is 0 Å². The van der Waals surface area contributed by atoms with E-state index >= 15 is 0 Å². The van der Waals surface area contributed by atoms with Gasteiger partial charge in [-0.1, -0.05) is 19.9 Å². The van der Waals surface area contributed by atoms with Gasteiger partial charge in [-0.25, -0.2) is 0 Å². The standard InChI is InChI=1S/C13H17ClO/c1-4-15-10-5-6-11-8(2)9(3)13(14)12(11)7-10/h5-9,13H,4H2,1-3H3. The van der Waals surface area contributed by atoms with Crippen molar-refractivity contribution in [1.82, 2.24) is 0 Å². The van der Waals surface area contributed by atoms with Crippen LogP contribution in [-0.4, -0.2) is 6.61 Å². The zero-order chi connectivity index (χ0) is 11.0. The molecule has 1 aliphatic rings. The molecule has 82 valence electrons. The van der Waals surface area contributed by atoms with E-state index in [-0.39, 0.29) is 5.38 Å². The number of fused-ring (bicyclic) bond motifs is 1. The van der Waals surface area contributed by atoms with Crippen molar-refractivity contribution >= 4 is 11.6 Å². The van der Waals surface area contributed by atoms with E-state index in [1.165, 1.54) is 11.1 Å². The third-order valence-corrected chi connectivity index (χ3v) is 4.04. The lowest BCUT2D eigenvalue weighted by atomic mass is 9.96. The predicted molar refractivity (Wildman–Crippen MR) is 63.8 cm³/mol. The van der Waals surface area contributed by atoms with Crippen LogP contribution < -0.4 is 4.74 Å². The molecule has 2 heteroatoms. The minimum absolute atomic E-state index is 0.135. The van der Waals surface area contributed by atoms with Crippen LogP contribution in [0.2, 0.25) is 0 Å². The molecule has 1 nitrogen and oxygen atoms in total. The first-order valence-corrected chi connectivity index (χ1v) is 5.99. The summed E-state index contributed by atoms with van der Waals surface area (Å²) in [4.78, 5) is 0. The lowest BCUT2D eigenvalue weighted by Gasteiger charge is -2.11. The molecule has 0 saturated carbocycles. The Kier molecular flexibility index (Phi) is 2.92. The van der Waals surface area contributed by atoms with Crippen molar-refractivity contribution in [3.63, 3.8) is 0 Å². The Balaban J connectivity index is 2.38. The van der Waals surface area contributed by atoms with Gasteiger partial charge >= 0.3 is 0 Å². The van der Waals surface area contributed by atoms with Crippen LogP contribution in [0.4, 0.5) is 0 Å². The lowest BCUT2D eigenvalue weighted by Crippen LogP contribution is -2.00. The third kappa shape index (κ3) is 1.74. The molecule has 0 radical (unpaired) electrons. The average Bonchev–Trinajstić information content (AvgIpc) is 2.45. The van der Waals surface area contributed by atoms with Crippen molar-refractivity contribution in [2.24, 2.45) is 5.92 Å². The molecule has 1 aromatic rings. The monoisotopic (exact) mass is 224 g/mol. The molecule has 0 heterocycles. The zero-order valence-electron chi connectivity index (χ0n) is 9.46. The van der Waals surface area contributed by atoms with Gasteiger partial charge in [0.2, 0.25) is 0 Å². The normalized spacial score (nSPS) is 28.9. The molecular formula is C13H17ClO. The molecule has 1 aliphatic carbocycles. The van der Waals surface area contributed by atoms with Gasteiger partial charge < -0.3 is 4.74 Å². The van der Waals surface area contributed by atoms with Crippen molar-refractivity contribution in [2.75, 3.05) is 6.61 Å². The van der Waals surface area contributed by atoms with Crippen molar-refractivity contribution in [2.45, 2.75) is 32.1 Å². The maximum Gasteiger partial charge on any atom is 0.119 e. The molecule has 3 atom stereocenters. The first-order valence-electron chi connectivity index (χ1n) is 5.55. The molecule has 1 aromatic carbocycles. The Labute approximate surface area is 96.4 Å². The number of rotatable bonds is 2. The number of benzene rings is 1. The number of alkyl halides is 1. The second-order valence-corrected chi connectivity index (χ2v) is 4.74. The highest BCUT2D eigenvalue weighted by molar-refractivity contribution is 6.21. The highest BCUT2D eigenvalue weighted by Gasteiger charge is 2.34. The fraction of sp³-hybridized carbons (Fsp3) is 0.538. The van der Waals surface area contributed by atoms with Crippen LogP contribution in [0.1, 0.15) is 43.2 Å². The van der Waals surface area contributed by atoms with Crippen LogP contribution in [0, 0.1) is 5.92 Å². The summed E-state index contributed by atoms with van der Waals surface area (Å²) in [6, 6.07) is 6.29. The Morgan fingerprint density at radius 1 is 1.27 bits per heavy atom. The molecule has 0 N–H and O–H groups in total. The first-order chi connectivity index (χ1) is 7.15. The van der Waals surface area contributed by atoms with Crippen molar-refractivity contribution < 1.29 is 4.74 Å². The van der Waals surface area contributed by atoms with Crippen molar-refractivity contribution in [3.8, 4) is 5.75 Å². The summed E-state index contributed by atoms with van der Waals surface area (Å²) in [6.45, 7) is 7.16. The van der Waals surface area contributed by atoms with Crippen molar-refractivity contribution in [3.05, 3.63) is 29.3 Å². The summed E-state index contributed by atoms with van der Waals surface area (Å²) < 4.78 is 5.49. The van der Waals surface area contributed by atoms with E-state index in [9.17, 15) is 0 Å². The van der Waals surface area contributed by atoms with Gasteiger partial charge in [-0.05, 0) is 42.0 Å². The van der Waals surface area contributed by atoms with E-state index in [1.807, 2.05) is 13.0 Å². The van der Waals surface area contributed by atoms with Gasteiger partial charge in [-0.15, -0.1) is 11.6 Å². The largest absolute Gasteiger partial charge is 0.494 e. The molecule has 0 fully saturated rings. The predicted octanol–water partition coefficient (Wildman–Crippen LogP) is 4.12. The third-order valence-electron chi connectivity index (χ3n) is 3.41.